The molecule has 0 aromatic carbocycles. The van der Waals surface area contributed by atoms with Crippen LogP contribution in [0, 0.1) is 25.7 Å². The molecule has 2 aromatic rings. The third-order valence-electron chi connectivity index (χ3n) is 5.15. The van der Waals surface area contributed by atoms with Gasteiger partial charge in [0, 0.05) is 30.6 Å². The van der Waals surface area contributed by atoms with E-state index in [1.54, 1.807) is 17.7 Å². The lowest BCUT2D eigenvalue weighted by atomic mass is 9.95. The molecule has 3 unspecified atom stereocenters. The van der Waals surface area contributed by atoms with Crippen molar-refractivity contribution in [2.75, 3.05) is 24.5 Å². The van der Waals surface area contributed by atoms with Gasteiger partial charge < -0.3 is 10.2 Å². The monoisotopic (exact) mass is 288 g/mol. The molecule has 5 heteroatoms. The van der Waals surface area contributed by atoms with Gasteiger partial charge in [0.25, 0.3) is 0 Å². The Labute approximate surface area is 123 Å². The number of nitrogens with zero attached hydrogens (tertiary/aromatic N) is 3. The van der Waals surface area contributed by atoms with Gasteiger partial charge in [-0.3, -0.25) is 0 Å². The largest absolute Gasteiger partial charge is 0.353 e. The second kappa shape index (κ2) is 4.40. The average Bonchev–Trinajstić information content (AvgIpc) is 3.08. The van der Waals surface area contributed by atoms with Crippen LogP contribution in [0.5, 0.6) is 0 Å². The van der Waals surface area contributed by atoms with E-state index in [4.69, 9.17) is 0 Å². The lowest BCUT2D eigenvalue weighted by Gasteiger charge is -2.26. The van der Waals surface area contributed by atoms with Crippen LogP contribution in [0.25, 0.3) is 10.2 Å². The van der Waals surface area contributed by atoms with E-state index in [-0.39, 0.29) is 0 Å². The summed E-state index contributed by atoms with van der Waals surface area (Å²) in [6, 6.07) is 0.563. The van der Waals surface area contributed by atoms with Crippen molar-refractivity contribution < 1.29 is 0 Å². The zero-order chi connectivity index (χ0) is 13.9. The van der Waals surface area contributed by atoms with Crippen molar-refractivity contribution in [3.8, 4) is 0 Å². The minimum absolute atomic E-state index is 0.563. The highest BCUT2D eigenvalue weighted by Crippen LogP contribution is 2.40. The van der Waals surface area contributed by atoms with Gasteiger partial charge >= 0.3 is 0 Å². The number of anilines is 1. The number of nitrogens with one attached hydrogen (secondary N) is 1. The van der Waals surface area contributed by atoms with Gasteiger partial charge in [0.05, 0.1) is 5.39 Å². The van der Waals surface area contributed by atoms with Crippen LogP contribution in [0.4, 0.5) is 5.82 Å². The van der Waals surface area contributed by atoms with E-state index < -0.39 is 0 Å². The zero-order valence-corrected chi connectivity index (χ0v) is 13.0. The molecule has 3 atom stereocenters. The Morgan fingerprint density at radius 2 is 2.15 bits per heavy atom. The van der Waals surface area contributed by atoms with Crippen molar-refractivity contribution in [3.63, 3.8) is 0 Å². The molecule has 0 bridgehead atoms. The predicted octanol–water partition coefficient (Wildman–Crippen LogP) is 2.35. The highest BCUT2D eigenvalue weighted by atomic mass is 32.1. The van der Waals surface area contributed by atoms with E-state index in [0.717, 1.165) is 42.1 Å². The molecule has 4 rings (SSSR count). The third-order valence-corrected chi connectivity index (χ3v) is 6.27. The van der Waals surface area contributed by atoms with Gasteiger partial charge in [0.2, 0.25) is 0 Å². The molecule has 0 spiro atoms. The van der Waals surface area contributed by atoms with Crippen LogP contribution in [0.15, 0.2) is 6.33 Å². The van der Waals surface area contributed by atoms with Crippen LogP contribution in [0.1, 0.15) is 17.4 Å². The minimum Gasteiger partial charge on any atom is -0.353 e. The molecule has 106 valence electrons. The summed E-state index contributed by atoms with van der Waals surface area (Å²) in [6.07, 6.45) is 1.73. The first-order valence-electron chi connectivity index (χ1n) is 7.35. The molecular weight excluding hydrogens is 268 g/mol. The third kappa shape index (κ3) is 1.63. The SMILES string of the molecule is Cc1sc2ncnc(N3CC4CNCC4C3C)c2c1C. The molecule has 0 radical (unpaired) electrons. The molecule has 2 aliphatic heterocycles. The molecule has 2 aromatic heterocycles. The van der Waals surface area contributed by atoms with E-state index >= 15 is 0 Å². The second-order valence-electron chi connectivity index (χ2n) is 6.14. The molecule has 2 aliphatic rings. The quantitative estimate of drug-likeness (QED) is 0.874. The van der Waals surface area contributed by atoms with Crippen molar-refractivity contribution >= 4 is 27.4 Å². The lowest BCUT2D eigenvalue weighted by molar-refractivity contribution is 0.471. The van der Waals surface area contributed by atoms with Crippen molar-refractivity contribution in [3.05, 3.63) is 16.8 Å². The first-order valence-corrected chi connectivity index (χ1v) is 8.16. The van der Waals surface area contributed by atoms with Gasteiger partial charge in [-0.15, -0.1) is 11.3 Å². The Kier molecular flexibility index (Phi) is 2.76. The number of rotatable bonds is 1. The zero-order valence-electron chi connectivity index (χ0n) is 12.2. The fraction of sp³-hybridized carbons (Fsp3) is 0.600. The lowest BCUT2D eigenvalue weighted by Crippen LogP contribution is -2.33. The Balaban J connectivity index is 1.83. The van der Waals surface area contributed by atoms with Gasteiger partial charge in [-0.05, 0) is 38.2 Å². The molecular formula is C15H20N4S. The maximum atomic E-state index is 4.64. The van der Waals surface area contributed by atoms with E-state index in [1.807, 2.05) is 0 Å². The van der Waals surface area contributed by atoms with E-state index in [1.165, 1.54) is 15.8 Å². The van der Waals surface area contributed by atoms with Gasteiger partial charge in [0.15, 0.2) is 0 Å². The summed E-state index contributed by atoms with van der Waals surface area (Å²) in [5.41, 5.74) is 1.35. The smallest absolute Gasteiger partial charge is 0.141 e. The topological polar surface area (TPSA) is 41.1 Å². The van der Waals surface area contributed by atoms with E-state index in [9.17, 15) is 0 Å². The number of aromatic nitrogens is 2. The van der Waals surface area contributed by atoms with Crippen LogP contribution in [-0.4, -0.2) is 35.6 Å². The van der Waals surface area contributed by atoms with Crippen LogP contribution in [-0.2, 0) is 0 Å². The van der Waals surface area contributed by atoms with Crippen LogP contribution in [0.3, 0.4) is 0 Å². The number of thiophene rings is 1. The first kappa shape index (κ1) is 12.5. The normalized spacial score (nSPS) is 29.4. The maximum Gasteiger partial charge on any atom is 0.141 e. The summed E-state index contributed by atoms with van der Waals surface area (Å²) in [6.45, 7) is 10.2. The second-order valence-corrected chi connectivity index (χ2v) is 7.34. The van der Waals surface area contributed by atoms with Crippen molar-refractivity contribution in [1.82, 2.24) is 15.3 Å². The van der Waals surface area contributed by atoms with Crippen molar-refractivity contribution in [2.24, 2.45) is 11.8 Å². The van der Waals surface area contributed by atoms with Crippen molar-refractivity contribution in [1.29, 1.82) is 0 Å². The molecule has 0 saturated carbocycles. The Morgan fingerprint density at radius 3 is 2.95 bits per heavy atom. The number of aryl methyl sites for hydroxylation is 2. The fourth-order valence-electron chi connectivity index (χ4n) is 3.83. The molecule has 20 heavy (non-hydrogen) atoms. The first-order chi connectivity index (χ1) is 9.66. The maximum absolute atomic E-state index is 4.64. The van der Waals surface area contributed by atoms with Crippen molar-refractivity contribution in [2.45, 2.75) is 26.8 Å². The van der Waals surface area contributed by atoms with Gasteiger partial charge in [-0.2, -0.15) is 0 Å². The van der Waals surface area contributed by atoms with E-state index in [0.29, 0.717) is 6.04 Å². The highest BCUT2D eigenvalue weighted by molar-refractivity contribution is 7.18. The Bertz CT molecular complexity index is 665. The molecule has 2 saturated heterocycles. The predicted molar refractivity (Wildman–Crippen MR) is 83.5 cm³/mol. The van der Waals surface area contributed by atoms with Gasteiger partial charge in [-0.1, -0.05) is 0 Å². The number of fused-ring (bicyclic) bond motifs is 2. The van der Waals surface area contributed by atoms with E-state index in [2.05, 4.69) is 41.0 Å². The molecule has 0 amide bonds. The molecule has 4 nitrogen and oxygen atoms in total. The van der Waals surface area contributed by atoms with Crippen LogP contribution < -0.4 is 10.2 Å². The van der Waals surface area contributed by atoms with Crippen LogP contribution in [0.2, 0.25) is 0 Å². The molecule has 1 N–H and O–H groups in total. The van der Waals surface area contributed by atoms with Gasteiger partial charge in [-0.25, -0.2) is 9.97 Å². The Hall–Kier alpha value is -1.20. The summed E-state index contributed by atoms with van der Waals surface area (Å²) in [4.78, 5) is 14.1. The van der Waals surface area contributed by atoms with Crippen LogP contribution >= 0.6 is 11.3 Å². The number of hydrogen-bond donors (Lipinski definition) is 1. The Morgan fingerprint density at radius 1 is 1.30 bits per heavy atom. The minimum atomic E-state index is 0.563. The molecule has 0 aliphatic carbocycles. The summed E-state index contributed by atoms with van der Waals surface area (Å²) in [5, 5.41) is 4.79. The van der Waals surface area contributed by atoms with Gasteiger partial charge in [0.1, 0.15) is 17.0 Å². The molecule has 4 heterocycles. The summed E-state index contributed by atoms with van der Waals surface area (Å²) in [5.74, 6) is 2.69. The summed E-state index contributed by atoms with van der Waals surface area (Å²) in [7, 11) is 0. The number of hydrogen-bond acceptors (Lipinski definition) is 5. The summed E-state index contributed by atoms with van der Waals surface area (Å²) >= 11 is 1.78. The highest BCUT2D eigenvalue weighted by Gasteiger charge is 2.42. The summed E-state index contributed by atoms with van der Waals surface area (Å²) < 4.78 is 0. The standard InChI is InChI=1S/C15H20N4S/c1-8-10(3)20-15-13(8)14(17-7-18-15)19-6-11-4-16-5-12(11)9(19)2/h7,9,11-12,16H,4-6H2,1-3H3. The fourth-order valence-corrected chi connectivity index (χ4v) is 4.82. The molecule has 2 fully saturated rings. The average molecular weight is 288 g/mol.